The third-order valence-corrected chi connectivity index (χ3v) is 3.70. The van der Waals surface area contributed by atoms with Crippen LogP contribution in [-0.4, -0.2) is 68.3 Å². The number of carbonyl (C=O) groups is 2. The van der Waals surface area contributed by atoms with Crippen molar-refractivity contribution in [3.63, 3.8) is 0 Å². The smallest absolute Gasteiger partial charge is 0.333 e. The summed E-state index contributed by atoms with van der Waals surface area (Å²) in [6.45, 7) is 13.0. The van der Waals surface area contributed by atoms with Crippen molar-refractivity contribution in [1.82, 2.24) is 0 Å². The summed E-state index contributed by atoms with van der Waals surface area (Å²) in [4.78, 5) is 41.4. The second kappa shape index (κ2) is 14.5. The second-order valence-electron chi connectivity index (χ2n) is 7.64. The Bertz CT molecular complexity index is 592. The molecule has 0 saturated heterocycles. The predicted molar refractivity (Wildman–Crippen MR) is 109 cm³/mol. The van der Waals surface area contributed by atoms with Crippen LogP contribution >= 0.6 is 7.82 Å². The van der Waals surface area contributed by atoms with Gasteiger partial charge in [0.2, 0.25) is 0 Å². The molecule has 10 heteroatoms. The Balaban J connectivity index is 0. The van der Waals surface area contributed by atoms with Crippen molar-refractivity contribution in [2.24, 2.45) is 0 Å². The molecule has 0 radical (unpaired) electrons. The molecule has 0 aliphatic heterocycles. The van der Waals surface area contributed by atoms with Crippen molar-refractivity contribution in [2.75, 3.05) is 40.9 Å². The van der Waals surface area contributed by atoms with E-state index >= 15 is 0 Å². The number of hydrogen-bond acceptors (Lipinski definition) is 7. The van der Waals surface area contributed by atoms with E-state index < -0.39 is 19.9 Å². The molecule has 0 aromatic rings. The van der Waals surface area contributed by atoms with Crippen LogP contribution in [0, 0.1) is 0 Å². The van der Waals surface area contributed by atoms with E-state index in [-0.39, 0.29) is 24.6 Å². The van der Waals surface area contributed by atoms with Gasteiger partial charge in [0.1, 0.15) is 12.6 Å². The van der Waals surface area contributed by atoms with Crippen molar-refractivity contribution < 1.29 is 42.4 Å². The Morgan fingerprint density at radius 1 is 1.07 bits per heavy atom. The molecule has 0 bridgehead atoms. The Kier molecular flexibility index (Phi) is 14.8. The summed E-state index contributed by atoms with van der Waals surface area (Å²) in [6.07, 6.45) is 1.38. The van der Waals surface area contributed by atoms with E-state index in [9.17, 15) is 19.0 Å². The largest absolute Gasteiger partial charge is 0.756 e. The van der Waals surface area contributed by atoms with Crippen LogP contribution in [0.2, 0.25) is 0 Å². The highest BCUT2D eigenvalue weighted by Crippen LogP contribution is 2.33. The number of quaternary nitrogens is 1. The van der Waals surface area contributed by atoms with E-state index in [1.54, 1.807) is 6.92 Å². The molecule has 0 amide bonds. The summed E-state index contributed by atoms with van der Waals surface area (Å²) in [5.74, 6) is -0.827. The zero-order chi connectivity index (χ0) is 23.3. The number of hydrogen-bond donors (Lipinski definition) is 1. The normalized spacial score (nSPS) is 13.9. The highest BCUT2D eigenvalue weighted by Gasteiger charge is 2.23. The molecule has 2 unspecified atom stereocenters. The topological polar surface area (TPSA) is 122 Å². The fourth-order valence-corrected chi connectivity index (χ4v) is 2.36. The van der Waals surface area contributed by atoms with Gasteiger partial charge >= 0.3 is 11.9 Å². The molecule has 1 N–H and O–H groups in total. The molecule has 170 valence electrons. The lowest BCUT2D eigenvalue weighted by Crippen LogP contribution is -2.42. The highest BCUT2D eigenvalue weighted by atomic mass is 31.2. The minimum Gasteiger partial charge on any atom is -0.756 e. The number of ether oxygens (including phenoxy) is 2. The second-order valence-corrected chi connectivity index (χ2v) is 8.79. The predicted octanol–water partition coefficient (Wildman–Crippen LogP) is 1.95. The number of carbonyl (C=O) groups excluding carboxylic acids is 2. The summed E-state index contributed by atoms with van der Waals surface area (Å²) >= 11 is 0. The maximum Gasteiger partial charge on any atom is 0.333 e. The lowest BCUT2D eigenvalue weighted by Gasteiger charge is -2.31. The van der Waals surface area contributed by atoms with E-state index in [0.717, 1.165) is 12.8 Å². The Morgan fingerprint density at radius 3 is 1.86 bits per heavy atom. The lowest BCUT2D eigenvalue weighted by atomic mass is 10.2. The molecule has 0 aromatic heterocycles. The minimum atomic E-state index is -4.81. The van der Waals surface area contributed by atoms with E-state index in [4.69, 9.17) is 14.4 Å². The number of rotatable bonds is 12. The van der Waals surface area contributed by atoms with Gasteiger partial charge in [0.25, 0.3) is 7.82 Å². The summed E-state index contributed by atoms with van der Waals surface area (Å²) in [6, 6.07) is 0. The molecule has 9 nitrogen and oxygen atoms in total. The van der Waals surface area contributed by atoms with Crippen molar-refractivity contribution in [2.45, 2.75) is 46.1 Å². The summed E-state index contributed by atoms with van der Waals surface area (Å²) < 4.78 is 25.5. The maximum atomic E-state index is 11.2. The maximum absolute atomic E-state index is 11.2. The van der Waals surface area contributed by atoms with E-state index in [0.29, 0.717) is 23.2 Å². The fraction of sp³-hybridized carbons (Fsp3) is 0.684. The van der Waals surface area contributed by atoms with Gasteiger partial charge < -0.3 is 28.3 Å². The van der Waals surface area contributed by atoms with Gasteiger partial charge in [-0.1, -0.05) is 26.5 Å². The Hall–Kier alpha value is -1.51. The molecule has 0 rings (SSSR count). The highest BCUT2D eigenvalue weighted by molar-refractivity contribution is 7.44. The van der Waals surface area contributed by atoms with Gasteiger partial charge in [0.05, 0.1) is 34.4 Å². The molecular formula is C19H36NO8P. The quantitative estimate of drug-likeness (QED) is 0.162. The third kappa shape index (κ3) is 21.0. The SMILES string of the molecule is C=C(C)C(=O)OCCC(C[N+](C)(C)C)OP(=O)([O-])O.C=C(C)C(=O)OCCCC. The fourth-order valence-electron chi connectivity index (χ4n) is 1.82. The van der Waals surface area contributed by atoms with Crippen molar-refractivity contribution in [3.8, 4) is 0 Å². The molecule has 29 heavy (non-hydrogen) atoms. The van der Waals surface area contributed by atoms with Crippen LogP contribution < -0.4 is 4.89 Å². The Labute approximate surface area is 174 Å². The monoisotopic (exact) mass is 437 g/mol. The zero-order valence-corrected chi connectivity index (χ0v) is 19.3. The van der Waals surface area contributed by atoms with Crippen LogP contribution in [-0.2, 0) is 28.2 Å². The van der Waals surface area contributed by atoms with E-state index in [2.05, 4.69) is 24.6 Å². The molecule has 0 aliphatic carbocycles. The van der Waals surface area contributed by atoms with Crippen molar-refractivity contribution in [1.29, 1.82) is 0 Å². The summed E-state index contributed by atoms with van der Waals surface area (Å²) in [5.41, 5.74) is 0.733. The van der Waals surface area contributed by atoms with Gasteiger partial charge in [-0.2, -0.15) is 0 Å². The molecule has 0 saturated carbocycles. The molecule has 0 fully saturated rings. The van der Waals surface area contributed by atoms with Crippen molar-refractivity contribution >= 4 is 19.8 Å². The molecule has 0 aromatic carbocycles. The number of phosphoric ester groups is 1. The first kappa shape index (κ1) is 29.7. The molecule has 2 atom stereocenters. The number of phosphoric acid groups is 1. The van der Waals surface area contributed by atoms with Crippen LogP contribution in [0.4, 0.5) is 0 Å². The number of unbranched alkanes of at least 4 members (excludes halogenated alkanes) is 1. The van der Waals surface area contributed by atoms with Crippen LogP contribution in [0.25, 0.3) is 0 Å². The first-order valence-electron chi connectivity index (χ1n) is 9.27. The number of nitrogens with zero attached hydrogens (tertiary/aromatic N) is 1. The average molecular weight is 437 g/mol. The number of esters is 2. The van der Waals surface area contributed by atoms with E-state index in [1.807, 2.05) is 21.1 Å². The Morgan fingerprint density at radius 2 is 1.52 bits per heavy atom. The molecule has 0 heterocycles. The molecule has 0 aliphatic rings. The van der Waals surface area contributed by atoms with Gasteiger partial charge in [0.15, 0.2) is 0 Å². The standard InChI is InChI=1S/C11H22NO6P.C8H14O2/c1-9(2)11(13)17-7-6-10(8-12(3,4)5)18-19(14,15)16;1-4-5-6-10-8(9)7(2)3/h10H,1,6-8H2,2-5H3,(H-,14,15,16);2,4-6H2,1,3H3. The summed E-state index contributed by atoms with van der Waals surface area (Å²) in [7, 11) is 0.743. The van der Waals surface area contributed by atoms with Crippen LogP contribution in [0.5, 0.6) is 0 Å². The van der Waals surface area contributed by atoms with Gasteiger partial charge in [-0.05, 0) is 20.3 Å². The average Bonchev–Trinajstić information content (AvgIpc) is 2.52. The van der Waals surface area contributed by atoms with Gasteiger partial charge in [-0.3, -0.25) is 4.57 Å². The van der Waals surface area contributed by atoms with Crippen LogP contribution in [0.3, 0.4) is 0 Å². The van der Waals surface area contributed by atoms with Crippen LogP contribution in [0.1, 0.15) is 40.0 Å². The van der Waals surface area contributed by atoms with E-state index in [1.165, 1.54) is 6.92 Å². The van der Waals surface area contributed by atoms with Crippen molar-refractivity contribution in [3.05, 3.63) is 24.3 Å². The lowest BCUT2D eigenvalue weighted by molar-refractivity contribution is -0.873. The summed E-state index contributed by atoms with van der Waals surface area (Å²) in [5, 5.41) is 0. The number of likely N-dealkylation sites (N-methyl/N-ethyl adjacent to an activating group) is 1. The first-order valence-corrected chi connectivity index (χ1v) is 10.8. The third-order valence-electron chi connectivity index (χ3n) is 3.13. The first-order chi connectivity index (χ1) is 13.1. The minimum absolute atomic E-state index is 0.00361. The van der Waals surface area contributed by atoms with Gasteiger partial charge in [-0.25, -0.2) is 9.59 Å². The zero-order valence-electron chi connectivity index (χ0n) is 18.4. The van der Waals surface area contributed by atoms with Crippen LogP contribution in [0.15, 0.2) is 24.3 Å². The molecular weight excluding hydrogens is 401 g/mol. The van der Waals surface area contributed by atoms with Gasteiger partial charge in [-0.15, -0.1) is 0 Å². The molecule has 0 spiro atoms. The van der Waals surface area contributed by atoms with Gasteiger partial charge in [0, 0.05) is 17.6 Å².